The highest BCUT2D eigenvalue weighted by Crippen LogP contribution is 2.43. The molecule has 0 spiro atoms. The number of phosphoric ester groups is 1. The Bertz CT molecular complexity index is 989. The minimum Gasteiger partial charge on any atom is -0.480 e. The Hall–Kier alpha value is -2.04. The van der Waals surface area contributed by atoms with Crippen LogP contribution in [0.1, 0.15) is 181 Å². The highest BCUT2D eigenvalue weighted by Gasteiger charge is 2.28. The zero-order valence-electron chi connectivity index (χ0n) is 32.7. The third-order valence-electron chi connectivity index (χ3n) is 8.67. The molecule has 0 amide bonds. The van der Waals surface area contributed by atoms with Gasteiger partial charge in [-0.15, -0.1) is 0 Å². The molecule has 0 aromatic heterocycles. The molecule has 0 aromatic carbocycles. The summed E-state index contributed by atoms with van der Waals surface area (Å²) in [5, 5.41) is 8.87. The van der Waals surface area contributed by atoms with E-state index in [1.165, 1.54) is 77.0 Å². The van der Waals surface area contributed by atoms with Crippen molar-refractivity contribution in [3.63, 3.8) is 0 Å². The van der Waals surface area contributed by atoms with Gasteiger partial charge in [0, 0.05) is 12.8 Å². The molecule has 0 bridgehead atoms. The Balaban J connectivity index is 4.41. The second kappa shape index (κ2) is 36.0. The molecule has 11 nitrogen and oxygen atoms in total. The number of carboxylic acid groups (broad SMARTS) is 1. The zero-order chi connectivity index (χ0) is 38.5. The average molecular weight is 760 g/mol. The summed E-state index contributed by atoms with van der Waals surface area (Å²) >= 11 is 0. The summed E-state index contributed by atoms with van der Waals surface area (Å²) in [6.45, 7) is 2.75. The third-order valence-corrected chi connectivity index (χ3v) is 9.62. The zero-order valence-corrected chi connectivity index (χ0v) is 33.5. The highest BCUT2D eigenvalue weighted by molar-refractivity contribution is 7.47. The predicted octanol–water partition coefficient (Wildman–Crippen LogP) is 10.3. The van der Waals surface area contributed by atoms with E-state index in [2.05, 4.69) is 42.7 Å². The first kappa shape index (κ1) is 50.0. The van der Waals surface area contributed by atoms with Crippen molar-refractivity contribution in [3.8, 4) is 0 Å². The smallest absolute Gasteiger partial charge is 0.472 e. The molecule has 0 radical (unpaired) electrons. The number of aliphatic carboxylic acids is 1. The second-order valence-corrected chi connectivity index (χ2v) is 15.2. The van der Waals surface area contributed by atoms with Crippen LogP contribution in [0, 0.1) is 0 Å². The van der Waals surface area contributed by atoms with Crippen LogP contribution in [0.25, 0.3) is 0 Å². The van der Waals surface area contributed by atoms with Gasteiger partial charge in [0.05, 0.1) is 13.2 Å². The van der Waals surface area contributed by atoms with Crippen LogP contribution >= 0.6 is 7.82 Å². The molecule has 52 heavy (non-hydrogen) atoms. The lowest BCUT2D eigenvalue weighted by Crippen LogP contribution is -2.34. The lowest BCUT2D eigenvalue weighted by Gasteiger charge is -2.20. The average Bonchev–Trinajstić information content (AvgIpc) is 3.12. The molecule has 0 saturated heterocycles. The molecule has 4 N–H and O–H groups in total. The van der Waals surface area contributed by atoms with Gasteiger partial charge in [-0.2, -0.15) is 0 Å². The summed E-state index contributed by atoms with van der Waals surface area (Å²) in [5.74, 6) is -2.39. The summed E-state index contributed by atoms with van der Waals surface area (Å²) in [4.78, 5) is 45.8. The first-order valence-electron chi connectivity index (χ1n) is 20.4. The van der Waals surface area contributed by atoms with Crippen molar-refractivity contribution in [2.24, 2.45) is 5.73 Å². The summed E-state index contributed by atoms with van der Waals surface area (Å²) in [5.41, 5.74) is 5.32. The maximum atomic E-state index is 12.6. The van der Waals surface area contributed by atoms with Crippen LogP contribution in [0.4, 0.5) is 0 Å². The predicted molar refractivity (Wildman–Crippen MR) is 208 cm³/mol. The third kappa shape index (κ3) is 35.0. The molecule has 0 rings (SSSR count). The fraction of sp³-hybridized carbons (Fsp3) is 0.825. The number of ether oxygens (including phenoxy) is 2. The Morgan fingerprint density at radius 2 is 0.962 bits per heavy atom. The lowest BCUT2D eigenvalue weighted by atomic mass is 10.1. The standard InChI is InChI=1S/C40H74NO10P/c1-3-5-7-9-11-13-15-17-18-20-21-23-25-27-29-31-38(42)48-33-36(34-49-52(46,47)50-35-37(41)40(44)45)51-39(43)32-30-28-26-24-22-19-16-14-12-10-8-6-4-2/h13-16,36-37H,3-12,17-35,41H2,1-2H3,(H,44,45)(H,46,47)/b15-13-,16-14-/t36-,37+/m1/s1. The van der Waals surface area contributed by atoms with Crippen LogP contribution in [-0.4, -0.2) is 59.9 Å². The number of rotatable bonds is 38. The molecule has 0 aliphatic heterocycles. The molecule has 0 fully saturated rings. The number of hydrogen-bond acceptors (Lipinski definition) is 9. The van der Waals surface area contributed by atoms with Gasteiger partial charge in [-0.05, 0) is 64.2 Å². The first-order valence-corrected chi connectivity index (χ1v) is 21.9. The Kier molecular flexibility index (Phi) is 34.6. The van der Waals surface area contributed by atoms with E-state index in [0.717, 1.165) is 64.2 Å². The van der Waals surface area contributed by atoms with E-state index in [4.69, 9.17) is 24.8 Å². The highest BCUT2D eigenvalue weighted by atomic mass is 31.2. The van der Waals surface area contributed by atoms with Crippen molar-refractivity contribution in [1.29, 1.82) is 0 Å². The molecule has 0 aliphatic rings. The summed E-state index contributed by atoms with van der Waals surface area (Å²) in [6, 6.07) is -1.52. The molecular formula is C40H74NO10P. The Morgan fingerprint density at radius 1 is 0.577 bits per heavy atom. The van der Waals surface area contributed by atoms with Gasteiger partial charge in [0.15, 0.2) is 6.10 Å². The molecule has 1 unspecified atom stereocenters. The maximum Gasteiger partial charge on any atom is 0.472 e. The number of esters is 2. The maximum absolute atomic E-state index is 12.6. The van der Waals surface area contributed by atoms with Gasteiger partial charge in [0.25, 0.3) is 0 Å². The number of allylic oxidation sites excluding steroid dienone is 4. The van der Waals surface area contributed by atoms with E-state index in [0.29, 0.717) is 12.8 Å². The molecular weight excluding hydrogens is 685 g/mol. The monoisotopic (exact) mass is 760 g/mol. The molecule has 0 aliphatic carbocycles. The number of unbranched alkanes of at least 4 members (excludes halogenated alkanes) is 20. The van der Waals surface area contributed by atoms with Crippen molar-refractivity contribution in [2.75, 3.05) is 19.8 Å². The van der Waals surface area contributed by atoms with Crippen molar-refractivity contribution in [3.05, 3.63) is 24.3 Å². The molecule has 0 aromatic rings. The Morgan fingerprint density at radius 3 is 1.40 bits per heavy atom. The van der Waals surface area contributed by atoms with Gasteiger partial charge in [-0.1, -0.05) is 128 Å². The van der Waals surface area contributed by atoms with Crippen LogP contribution in [0.5, 0.6) is 0 Å². The Labute approximate surface area is 315 Å². The van der Waals surface area contributed by atoms with Crippen LogP contribution in [0.2, 0.25) is 0 Å². The van der Waals surface area contributed by atoms with Crippen LogP contribution in [0.15, 0.2) is 24.3 Å². The van der Waals surface area contributed by atoms with E-state index >= 15 is 0 Å². The summed E-state index contributed by atoms with van der Waals surface area (Å²) in [7, 11) is -4.71. The van der Waals surface area contributed by atoms with Gasteiger partial charge in [0.1, 0.15) is 12.6 Å². The molecule has 0 heterocycles. The van der Waals surface area contributed by atoms with E-state index in [1.807, 2.05) is 0 Å². The normalized spacial score (nSPS) is 14.1. The summed E-state index contributed by atoms with van der Waals surface area (Å²) < 4.78 is 32.6. The number of carbonyl (C=O) groups is 3. The number of phosphoric acid groups is 1. The van der Waals surface area contributed by atoms with Gasteiger partial charge < -0.3 is 25.2 Å². The number of carbonyl (C=O) groups excluding carboxylic acids is 2. The van der Waals surface area contributed by atoms with Gasteiger partial charge in [-0.3, -0.25) is 23.4 Å². The molecule has 12 heteroatoms. The molecule has 0 saturated carbocycles. The van der Waals surface area contributed by atoms with Crippen LogP contribution in [-0.2, 0) is 37.5 Å². The topological polar surface area (TPSA) is 172 Å². The van der Waals surface area contributed by atoms with Gasteiger partial charge in [0.2, 0.25) is 0 Å². The van der Waals surface area contributed by atoms with Crippen molar-refractivity contribution < 1.29 is 47.5 Å². The van der Waals surface area contributed by atoms with Crippen molar-refractivity contribution in [1.82, 2.24) is 0 Å². The fourth-order valence-electron chi connectivity index (χ4n) is 5.41. The van der Waals surface area contributed by atoms with Crippen molar-refractivity contribution >= 4 is 25.7 Å². The minimum absolute atomic E-state index is 0.151. The second-order valence-electron chi connectivity index (χ2n) is 13.8. The number of nitrogens with two attached hydrogens (primary N) is 1. The van der Waals surface area contributed by atoms with Crippen molar-refractivity contribution in [2.45, 2.75) is 193 Å². The number of carboxylic acids is 1. The first-order chi connectivity index (χ1) is 25.1. The van der Waals surface area contributed by atoms with Crippen LogP contribution < -0.4 is 5.73 Å². The molecule has 304 valence electrons. The van der Waals surface area contributed by atoms with Gasteiger partial charge >= 0.3 is 25.7 Å². The fourth-order valence-corrected chi connectivity index (χ4v) is 6.18. The van der Waals surface area contributed by atoms with E-state index in [9.17, 15) is 23.8 Å². The van der Waals surface area contributed by atoms with E-state index in [-0.39, 0.29) is 19.4 Å². The van der Waals surface area contributed by atoms with E-state index < -0.39 is 51.1 Å². The summed E-state index contributed by atoms with van der Waals surface area (Å²) in [6.07, 6.45) is 35.3. The molecule has 3 atom stereocenters. The number of hydrogen-bond donors (Lipinski definition) is 3. The minimum atomic E-state index is -4.71. The SMILES string of the molecule is CCCCCC/C=C\CCCCCCCCCC(=O)OC[C@H](COP(=O)(O)OC[C@H](N)C(=O)O)OC(=O)CCCCCCC/C=C\CCCCCC. The van der Waals surface area contributed by atoms with Crippen LogP contribution in [0.3, 0.4) is 0 Å². The largest absolute Gasteiger partial charge is 0.480 e. The quantitative estimate of drug-likeness (QED) is 0.0237. The van der Waals surface area contributed by atoms with Gasteiger partial charge in [-0.25, -0.2) is 4.57 Å². The van der Waals surface area contributed by atoms with E-state index in [1.54, 1.807) is 0 Å². The lowest BCUT2D eigenvalue weighted by molar-refractivity contribution is -0.161.